The first-order chi connectivity index (χ1) is 7.77. The van der Waals surface area contributed by atoms with Crippen molar-refractivity contribution < 1.29 is 0 Å². The van der Waals surface area contributed by atoms with E-state index in [2.05, 4.69) is 31.7 Å². The number of nitrogens with one attached hydrogen (secondary N) is 3. The molecule has 0 aromatic carbocycles. The molecule has 0 aliphatic rings. The van der Waals surface area contributed by atoms with Crippen molar-refractivity contribution in [2.75, 3.05) is 13.1 Å². The van der Waals surface area contributed by atoms with Crippen molar-refractivity contribution in [3.63, 3.8) is 0 Å². The quantitative estimate of drug-likeness (QED) is 0.330. The molecule has 5 nitrogen and oxygen atoms in total. The zero-order valence-corrected chi connectivity index (χ0v) is 12.4. The summed E-state index contributed by atoms with van der Waals surface area (Å²) in [6, 6.07) is 0. The van der Waals surface area contributed by atoms with Gasteiger partial charge < -0.3 is 10.6 Å². The van der Waals surface area contributed by atoms with Gasteiger partial charge in [-0.05, 0) is 13.8 Å². The standard InChI is InChI=1S/C11H17N5.HI/c1-4-6-13-11(12-5-2)14-7-10-8-15-16-9(10)3;/h1,8H,5-7H2,2-3H3,(H,15,16)(H2,12,13,14);1H. The number of nitrogens with zero attached hydrogens (tertiary/aromatic N) is 2. The Labute approximate surface area is 119 Å². The second kappa shape index (κ2) is 8.87. The van der Waals surface area contributed by atoms with Gasteiger partial charge in [0.25, 0.3) is 0 Å². The highest BCUT2D eigenvalue weighted by Gasteiger charge is 2.00. The number of aromatic nitrogens is 2. The van der Waals surface area contributed by atoms with Crippen LogP contribution in [-0.4, -0.2) is 29.2 Å². The van der Waals surface area contributed by atoms with Gasteiger partial charge in [0.2, 0.25) is 0 Å². The summed E-state index contributed by atoms with van der Waals surface area (Å²) in [5.74, 6) is 3.23. The number of aryl methyl sites for hydroxylation is 1. The molecule has 1 rings (SSSR count). The van der Waals surface area contributed by atoms with Crippen LogP contribution in [0.15, 0.2) is 11.2 Å². The van der Waals surface area contributed by atoms with Gasteiger partial charge in [0.05, 0.1) is 19.3 Å². The van der Waals surface area contributed by atoms with Crippen molar-refractivity contribution in [3.8, 4) is 12.3 Å². The van der Waals surface area contributed by atoms with E-state index in [0.717, 1.165) is 23.8 Å². The third kappa shape index (κ3) is 5.58. The largest absolute Gasteiger partial charge is 0.357 e. The van der Waals surface area contributed by atoms with Crippen molar-refractivity contribution in [2.45, 2.75) is 20.4 Å². The van der Waals surface area contributed by atoms with Gasteiger partial charge in [-0.1, -0.05) is 5.92 Å². The molecular weight excluding hydrogens is 329 g/mol. The van der Waals surface area contributed by atoms with Crippen LogP contribution in [0.4, 0.5) is 0 Å². The predicted molar refractivity (Wildman–Crippen MR) is 80.4 cm³/mol. The highest BCUT2D eigenvalue weighted by molar-refractivity contribution is 14.0. The summed E-state index contributed by atoms with van der Waals surface area (Å²) >= 11 is 0. The second-order valence-corrected chi connectivity index (χ2v) is 3.27. The molecule has 0 unspecified atom stereocenters. The van der Waals surface area contributed by atoms with E-state index in [1.165, 1.54) is 0 Å². The number of aromatic amines is 1. The zero-order chi connectivity index (χ0) is 11.8. The summed E-state index contributed by atoms with van der Waals surface area (Å²) in [6.45, 7) is 5.84. The van der Waals surface area contributed by atoms with Crippen LogP contribution in [0.25, 0.3) is 0 Å². The van der Waals surface area contributed by atoms with Gasteiger partial charge in [0.15, 0.2) is 5.96 Å². The molecule has 6 heteroatoms. The molecule has 0 bridgehead atoms. The Balaban J connectivity index is 0.00000256. The number of guanidine groups is 1. The average Bonchev–Trinajstić information content (AvgIpc) is 2.68. The van der Waals surface area contributed by atoms with Crippen molar-refractivity contribution >= 4 is 29.9 Å². The van der Waals surface area contributed by atoms with Gasteiger partial charge >= 0.3 is 0 Å². The monoisotopic (exact) mass is 347 g/mol. The molecule has 1 heterocycles. The topological polar surface area (TPSA) is 65.1 Å². The Kier molecular flexibility index (Phi) is 8.23. The van der Waals surface area contributed by atoms with Crippen LogP contribution in [-0.2, 0) is 6.54 Å². The summed E-state index contributed by atoms with van der Waals surface area (Å²) in [6.07, 6.45) is 6.96. The normalized spacial score (nSPS) is 10.3. The van der Waals surface area contributed by atoms with Crippen LogP contribution in [0.2, 0.25) is 0 Å². The van der Waals surface area contributed by atoms with E-state index in [0.29, 0.717) is 13.1 Å². The Bertz CT molecular complexity index is 391. The molecule has 0 aliphatic heterocycles. The highest BCUT2D eigenvalue weighted by atomic mass is 127. The molecule has 0 fully saturated rings. The van der Waals surface area contributed by atoms with Crippen molar-refractivity contribution in [1.82, 2.24) is 20.8 Å². The minimum atomic E-state index is 0. The molecule has 0 aliphatic carbocycles. The van der Waals surface area contributed by atoms with Gasteiger partial charge in [-0.3, -0.25) is 5.10 Å². The molecule has 0 saturated heterocycles. The molecular formula is C11H18IN5. The van der Waals surface area contributed by atoms with Gasteiger partial charge in [-0.25, -0.2) is 4.99 Å². The molecule has 1 aromatic heterocycles. The van der Waals surface area contributed by atoms with Crippen LogP contribution in [0.5, 0.6) is 0 Å². The lowest BCUT2D eigenvalue weighted by Crippen LogP contribution is -2.37. The molecule has 17 heavy (non-hydrogen) atoms. The summed E-state index contributed by atoms with van der Waals surface area (Å²) in [7, 11) is 0. The average molecular weight is 347 g/mol. The number of halogens is 1. The number of terminal acetylenes is 1. The van der Waals surface area contributed by atoms with Crippen LogP contribution in [0, 0.1) is 19.3 Å². The molecule has 3 N–H and O–H groups in total. The number of rotatable bonds is 4. The lowest BCUT2D eigenvalue weighted by Gasteiger charge is -2.08. The van der Waals surface area contributed by atoms with E-state index in [9.17, 15) is 0 Å². The van der Waals surface area contributed by atoms with E-state index >= 15 is 0 Å². The lowest BCUT2D eigenvalue weighted by atomic mass is 10.3. The van der Waals surface area contributed by atoms with E-state index in [-0.39, 0.29) is 24.0 Å². The highest BCUT2D eigenvalue weighted by Crippen LogP contribution is 2.03. The molecule has 0 amide bonds. The Morgan fingerprint density at radius 3 is 2.88 bits per heavy atom. The summed E-state index contributed by atoms with van der Waals surface area (Å²) in [5.41, 5.74) is 2.12. The predicted octanol–water partition coefficient (Wildman–Crippen LogP) is 1.02. The summed E-state index contributed by atoms with van der Waals surface area (Å²) < 4.78 is 0. The molecule has 0 spiro atoms. The number of H-pyrrole nitrogens is 1. The van der Waals surface area contributed by atoms with E-state index in [4.69, 9.17) is 6.42 Å². The van der Waals surface area contributed by atoms with Gasteiger partial charge in [-0.2, -0.15) is 5.10 Å². The third-order valence-electron chi connectivity index (χ3n) is 2.04. The molecule has 0 saturated carbocycles. The maximum absolute atomic E-state index is 5.18. The fourth-order valence-electron chi connectivity index (χ4n) is 1.18. The molecule has 0 radical (unpaired) electrons. The minimum Gasteiger partial charge on any atom is -0.357 e. The fourth-order valence-corrected chi connectivity index (χ4v) is 1.18. The SMILES string of the molecule is C#CCNC(=NCc1cn[nH]c1C)NCC.I. The van der Waals surface area contributed by atoms with E-state index in [1.807, 2.05) is 13.8 Å². The fraction of sp³-hybridized carbons (Fsp3) is 0.455. The van der Waals surface area contributed by atoms with Crippen LogP contribution >= 0.6 is 24.0 Å². The van der Waals surface area contributed by atoms with Gasteiger partial charge in [0.1, 0.15) is 0 Å². The van der Waals surface area contributed by atoms with E-state index < -0.39 is 0 Å². The Morgan fingerprint density at radius 1 is 1.59 bits per heavy atom. The van der Waals surface area contributed by atoms with Crippen LogP contribution in [0.1, 0.15) is 18.2 Å². The van der Waals surface area contributed by atoms with Gasteiger partial charge in [-0.15, -0.1) is 30.4 Å². The molecule has 0 atom stereocenters. The third-order valence-corrected chi connectivity index (χ3v) is 2.04. The maximum Gasteiger partial charge on any atom is 0.192 e. The van der Waals surface area contributed by atoms with Crippen LogP contribution in [0.3, 0.4) is 0 Å². The molecule has 1 aromatic rings. The Morgan fingerprint density at radius 2 is 2.35 bits per heavy atom. The van der Waals surface area contributed by atoms with Crippen molar-refractivity contribution in [3.05, 3.63) is 17.5 Å². The Hall–Kier alpha value is -1.23. The maximum atomic E-state index is 5.18. The number of hydrogen-bond donors (Lipinski definition) is 3. The lowest BCUT2D eigenvalue weighted by molar-refractivity contribution is 0.863. The van der Waals surface area contributed by atoms with Crippen molar-refractivity contribution in [1.29, 1.82) is 0 Å². The summed E-state index contributed by atoms with van der Waals surface area (Å²) in [5, 5.41) is 13.0. The van der Waals surface area contributed by atoms with E-state index in [1.54, 1.807) is 6.20 Å². The second-order valence-electron chi connectivity index (χ2n) is 3.27. The first-order valence-corrected chi connectivity index (χ1v) is 5.22. The number of hydrogen-bond acceptors (Lipinski definition) is 2. The zero-order valence-electron chi connectivity index (χ0n) is 10.1. The van der Waals surface area contributed by atoms with Gasteiger partial charge in [0, 0.05) is 17.8 Å². The van der Waals surface area contributed by atoms with Crippen molar-refractivity contribution in [2.24, 2.45) is 4.99 Å². The molecule has 94 valence electrons. The first-order valence-electron chi connectivity index (χ1n) is 5.22. The van der Waals surface area contributed by atoms with Crippen LogP contribution < -0.4 is 10.6 Å². The minimum absolute atomic E-state index is 0. The number of aliphatic imine (C=N–C) groups is 1. The smallest absolute Gasteiger partial charge is 0.192 e. The summed E-state index contributed by atoms with van der Waals surface area (Å²) in [4.78, 5) is 4.39. The first kappa shape index (κ1) is 15.8.